The number of halogens is 1. The van der Waals surface area contributed by atoms with E-state index in [1.807, 2.05) is 44.2 Å². The van der Waals surface area contributed by atoms with Gasteiger partial charge in [0.2, 0.25) is 5.82 Å². The highest BCUT2D eigenvalue weighted by Gasteiger charge is 2.31. The lowest BCUT2D eigenvalue weighted by molar-refractivity contribution is 0.0532. The highest BCUT2D eigenvalue weighted by Crippen LogP contribution is 2.41. The first-order chi connectivity index (χ1) is 16.4. The van der Waals surface area contributed by atoms with Crippen LogP contribution in [0.3, 0.4) is 0 Å². The molecule has 0 unspecified atom stereocenters. The number of ether oxygens (including phenoxy) is 1. The SMILES string of the molecule is Cc1cc(-c2noc(C=CC3(c4ccc(F)cc4)CCCCC3)n2)cc(C)c1OC[C@@H](O)CO. The largest absolute Gasteiger partial charge is 0.490 e. The van der Waals surface area contributed by atoms with Crippen molar-refractivity contribution in [1.82, 2.24) is 10.1 Å². The van der Waals surface area contributed by atoms with E-state index in [-0.39, 0.29) is 24.4 Å². The average Bonchev–Trinajstić information content (AvgIpc) is 3.32. The van der Waals surface area contributed by atoms with Gasteiger partial charge in [0.05, 0.1) is 6.61 Å². The molecule has 1 aliphatic carbocycles. The Balaban J connectivity index is 1.55. The van der Waals surface area contributed by atoms with Gasteiger partial charge in [-0.3, -0.25) is 0 Å². The molecule has 1 aromatic heterocycles. The number of benzene rings is 2. The van der Waals surface area contributed by atoms with Crippen molar-refractivity contribution in [3.63, 3.8) is 0 Å². The summed E-state index contributed by atoms with van der Waals surface area (Å²) in [6.45, 7) is 3.49. The normalized spacial score (nSPS) is 16.6. The van der Waals surface area contributed by atoms with Gasteiger partial charge < -0.3 is 19.5 Å². The second kappa shape index (κ2) is 10.5. The van der Waals surface area contributed by atoms with Crippen molar-refractivity contribution < 1.29 is 23.9 Å². The Labute approximate surface area is 199 Å². The Morgan fingerprint density at radius 2 is 1.79 bits per heavy atom. The predicted molar refractivity (Wildman–Crippen MR) is 128 cm³/mol. The zero-order chi connectivity index (χ0) is 24.1. The van der Waals surface area contributed by atoms with E-state index < -0.39 is 6.10 Å². The number of aromatic nitrogens is 2. The molecule has 0 spiro atoms. The lowest BCUT2D eigenvalue weighted by Crippen LogP contribution is -2.26. The van der Waals surface area contributed by atoms with E-state index in [2.05, 4.69) is 16.2 Å². The monoisotopic (exact) mass is 466 g/mol. The molecule has 3 aromatic rings. The van der Waals surface area contributed by atoms with Crippen molar-refractivity contribution in [3.05, 3.63) is 70.9 Å². The minimum atomic E-state index is -0.924. The maximum Gasteiger partial charge on any atom is 0.250 e. The summed E-state index contributed by atoms with van der Waals surface area (Å²) in [5, 5.41) is 22.7. The molecule has 0 bridgehead atoms. The van der Waals surface area contributed by atoms with Gasteiger partial charge >= 0.3 is 0 Å². The van der Waals surface area contributed by atoms with Crippen LogP contribution in [0.1, 0.15) is 54.7 Å². The Kier molecular flexibility index (Phi) is 7.44. The Bertz CT molecular complexity index is 1110. The highest BCUT2D eigenvalue weighted by molar-refractivity contribution is 5.62. The lowest BCUT2D eigenvalue weighted by atomic mass is 9.69. The summed E-state index contributed by atoms with van der Waals surface area (Å²) in [6.07, 6.45) is 8.54. The topological polar surface area (TPSA) is 88.6 Å². The Hall–Kier alpha value is -3.03. The third-order valence-electron chi connectivity index (χ3n) is 6.50. The second-order valence-corrected chi connectivity index (χ2v) is 9.10. The average molecular weight is 467 g/mol. The summed E-state index contributed by atoms with van der Waals surface area (Å²) in [7, 11) is 0. The van der Waals surface area contributed by atoms with Crippen LogP contribution in [0, 0.1) is 19.7 Å². The smallest absolute Gasteiger partial charge is 0.250 e. The fraction of sp³-hybridized carbons (Fsp3) is 0.407. The lowest BCUT2D eigenvalue weighted by Gasteiger charge is -2.35. The number of rotatable bonds is 8. The standard InChI is InChI=1S/C27H31FN2O4/c1-18-14-20(15-19(2)25(18)33-17-23(32)16-31)26-29-24(34-30-26)10-13-27(11-4-3-5-12-27)21-6-8-22(28)9-7-21/h6-10,13-15,23,31-32H,3-5,11-12,16-17H2,1-2H3/t23-/m0/s1. The van der Waals surface area contributed by atoms with E-state index >= 15 is 0 Å². The maximum atomic E-state index is 13.5. The van der Waals surface area contributed by atoms with Gasteiger partial charge in [0, 0.05) is 17.1 Å². The predicted octanol–water partition coefficient (Wildman–Crippen LogP) is 5.14. The van der Waals surface area contributed by atoms with E-state index in [9.17, 15) is 9.50 Å². The van der Waals surface area contributed by atoms with Crippen LogP contribution in [0.15, 0.2) is 47.0 Å². The van der Waals surface area contributed by atoms with Gasteiger partial charge in [0.25, 0.3) is 5.89 Å². The molecular weight excluding hydrogens is 435 g/mol. The number of allylic oxidation sites excluding steroid dienone is 1. The second-order valence-electron chi connectivity index (χ2n) is 9.10. The third-order valence-corrected chi connectivity index (χ3v) is 6.50. The number of aryl methyl sites for hydroxylation is 2. The summed E-state index contributed by atoms with van der Waals surface area (Å²) in [5.41, 5.74) is 3.50. The first kappa shape index (κ1) is 24.1. The zero-order valence-electron chi connectivity index (χ0n) is 19.6. The molecule has 1 aliphatic rings. The molecule has 34 heavy (non-hydrogen) atoms. The summed E-state index contributed by atoms with van der Waals surface area (Å²) in [4.78, 5) is 4.56. The van der Waals surface area contributed by atoms with Crippen molar-refractivity contribution in [3.8, 4) is 17.1 Å². The molecule has 0 amide bonds. The quantitative estimate of drug-likeness (QED) is 0.478. The van der Waals surface area contributed by atoms with Crippen molar-refractivity contribution in [1.29, 1.82) is 0 Å². The molecule has 1 saturated carbocycles. The fourth-order valence-electron chi connectivity index (χ4n) is 4.71. The molecule has 1 heterocycles. The molecule has 7 heteroatoms. The summed E-state index contributed by atoms with van der Waals surface area (Å²) in [5.74, 6) is 1.33. The van der Waals surface area contributed by atoms with Gasteiger partial charge in [0.1, 0.15) is 24.3 Å². The minimum absolute atomic E-state index is 0.0183. The van der Waals surface area contributed by atoms with Crippen LogP contribution in [0.2, 0.25) is 0 Å². The van der Waals surface area contributed by atoms with Crippen molar-refractivity contribution in [2.24, 2.45) is 0 Å². The third kappa shape index (κ3) is 5.37. The van der Waals surface area contributed by atoms with E-state index in [1.54, 1.807) is 0 Å². The molecular formula is C27H31FN2O4. The van der Waals surface area contributed by atoms with E-state index in [1.165, 1.54) is 18.6 Å². The number of nitrogens with zero attached hydrogens (tertiary/aromatic N) is 2. The van der Waals surface area contributed by atoms with E-state index in [0.29, 0.717) is 17.5 Å². The maximum absolute atomic E-state index is 13.5. The number of aliphatic hydroxyl groups is 2. The molecule has 6 nitrogen and oxygen atoms in total. The fourth-order valence-corrected chi connectivity index (χ4v) is 4.71. The molecule has 0 radical (unpaired) electrons. The van der Waals surface area contributed by atoms with Crippen molar-refractivity contribution in [2.75, 3.05) is 13.2 Å². The summed E-state index contributed by atoms with van der Waals surface area (Å²) in [6, 6.07) is 10.6. The number of hydrogen-bond donors (Lipinski definition) is 2. The van der Waals surface area contributed by atoms with Crippen LogP contribution in [0.25, 0.3) is 17.5 Å². The van der Waals surface area contributed by atoms with E-state index in [0.717, 1.165) is 47.9 Å². The molecule has 0 saturated heterocycles. The zero-order valence-corrected chi connectivity index (χ0v) is 19.6. The number of aliphatic hydroxyl groups excluding tert-OH is 2. The molecule has 180 valence electrons. The summed E-state index contributed by atoms with van der Waals surface area (Å²) < 4.78 is 24.7. The van der Waals surface area contributed by atoms with Crippen LogP contribution in [0.4, 0.5) is 4.39 Å². The van der Waals surface area contributed by atoms with Gasteiger partial charge in [-0.05, 0) is 67.6 Å². The van der Waals surface area contributed by atoms with Gasteiger partial charge in [-0.2, -0.15) is 4.98 Å². The molecule has 2 aromatic carbocycles. The molecule has 2 N–H and O–H groups in total. The Morgan fingerprint density at radius 3 is 2.44 bits per heavy atom. The first-order valence-electron chi connectivity index (χ1n) is 11.7. The van der Waals surface area contributed by atoms with Gasteiger partial charge in [-0.25, -0.2) is 4.39 Å². The molecule has 1 atom stereocenters. The first-order valence-corrected chi connectivity index (χ1v) is 11.7. The van der Waals surface area contributed by atoms with Crippen molar-refractivity contribution in [2.45, 2.75) is 57.5 Å². The van der Waals surface area contributed by atoms with Gasteiger partial charge in [-0.1, -0.05) is 42.6 Å². The van der Waals surface area contributed by atoms with Crippen LogP contribution in [-0.4, -0.2) is 39.7 Å². The van der Waals surface area contributed by atoms with Gasteiger partial charge in [-0.15, -0.1) is 0 Å². The molecule has 4 rings (SSSR count). The number of hydrogen-bond acceptors (Lipinski definition) is 6. The van der Waals surface area contributed by atoms with Crippen LogP contribution in [-0.2, 0) is 5.41 Å². The summed E-state index contributed by atoms with van der Waals surface area (Å²) >= 11 is 0. The minimum Gasteiger partial charge on any atom is -0.490 e. The van der Waals surface area contributed by atoms with Crippen LogP contribution < -0.4 is 4.74 Å². The Morgan fingerprint density at radius 1 is 1.12 bits per heavy atom. The highest BCUT2D eigenvalue weighted by atomic mass is 19.1. The molecule has 0 aliphatic heterocycles. The van der Waals surface area contributed by atoms with E-state index in [4.69, 9.17) is 14.4 Å². The van der Waals surface area contributed by atoms with Crippen LogP contribution >= 0.6 is 0 Å². The van der Waals surface area contributed by atoms with Gasteiger partial charge in [0.15, 0.2) is 0 Å². The van der Waals surface area contributed by atoms with Crippen LogP contribution in [0.5, 0.6) is 5.75 Å². The van der Waals surface area contributed by atoms with Crippen molar-refractivity contribution >= 4 is 6.08 Å². The molecule has 1 fully saturated rings.